The van der Waals surface area contributed by atoms with Crippen LogP contribution < -0.4 is 5.32 Å². The number of halogens is 1. The maximum Gasteiger partial charge on any atom is 0.272 e. The van der Waals surface area contributed by atoms with E-state index in [1.54, 1.807) is 36.7 Å². The monoisotopic (exact) mass is 405 g/mol. The number of nitrogens with zero attached hydrogens (tertiary/aromatic N) is 2. The molecule has 0 spiro atoms. The summed E-state index contributed by atoms with van der Waals surface area (Å²) in [5.41, 5.74) is 2.45. The van der Waals surface area contributed by atoms with Gasteiger partial charge in [-0.3, -0.25) is 4.79 Å². The summed E-state index contributed by atoms with van der Waals surface area (Å²) >= 11 is 0. The molecule has 2 heterocycles. The first-order chi connectivity index (χ1) is 14.7. The van der Waals surface area contributed by atoms with E-state index < -0.39 is 5.82 Å². The highest BCUT2D eigenvalue weighted by atomic mass is 19.1. The zero-order chi connectivity index (χ0) is 20.8. The van der Waals surface area contributed by atoms with Gasteiger partial charge in [-0.1, -0.05) is 36.4 Å². The number of aromatic nitrogens is 2. The molecule has 0 fully saturated rings. The molecule has 0 aliphatic rings. The van der Waals surface area contributed by atoms with Crippen LogP contribution in [-0.2, 0) is 24.5 Å². The third kappa shape index (κ3) is 4.82. The van der Waals surface area contributed by atoms with E-state index in [4.69, 9.17) is 9.15 Å². The highest BCUT2D eigenvalue weighted by molar-refractivity contribution is 5.92. The average molecular weight is 405 g/mol. The standard InChI is InChI=1S/C23H20FN3O3/c24-20-8-1-2-9-22(20)27-11-10-21(26-27)23(28)25-14-17-5-3-6-18(13-17)15-29-16-19-7-4-12-30-19/h1-13H,14-16H2,(H,25,28). The van der Waals surface area contributed by atoms with E-state index in [1.165, 1.54) is 10.7 Å². The van der Waals surface area contributed by atoms with E-state index in [0.29, 0.717) is 25.4 Å². The Kier molecular flexibility index (Phi) is 6.01. The molecule has 1 N–H and O–H groups in total. The molecule has 0 aliphatic carbocycles. The highest BCUT2D eigenvalue weighted by Gasteiger charge is 2.12. The van der Waals surface area contributed by atoms with Gasteiger partial charge >= 0.3 is 0 Å². The topological polar surface area (TPSA) is 69.3 Å². The fraction of sp³-hybridized carbons (Fsp3) is 0.130. The summed E-state index contributed by atoms with van der Waals surface area (Å²) in [5, 5.41) is 7.01. The Labute approximate surface area is 172 Å². The van der Waals surface area contributed by atoms with Crippen LogP contribution in [0.5, 0.6) is 0 Å². The van der Waals surface area contributed by atoms with E-state index in [1.807, 2.05) is 36.4 Å². The number of hydrogen-bond donors (Lipinski definition) is 1. The Morgan fingerprint density at radius 3 is 2.73 bits per heavy atom. The third-order valence-corrected chi connectivity index (χ3v) is 4.46. The van der Waals surface area contributed by atoms with Crippen LogP contribution in [0.3, 0.4) is 0 Å². The summed E-state index contributed by atoms with van der Waals surface area (Å²) in [5.74, 6) is 0.0384. The number of nitrogens with one attached hydrogen (secondary N) is 1. The van der Waals surface area contributed by atoms with Gasteiger partial charge < -0.3 is 14.5 Å². The van der Waals surface area contributed by atoms with Crippen LogP contribution in [0.2, 0.25) is 0 Å². The number of amides is 1. The fourth-order valence-electron chi connectivity index (χ4n) is 2.98. The number of para-hydroxylation sites is 1. The van der Waals surface area contributed by atoms with Crippen LogP contribution in [0.15, 0.2) is 83.6 Å². The number of furan rings is 1. The van der Waals surface area contributed by atoms with Crippen molar-refractivity contribution in [3.63, 3.8) is 0 Å². The summed E-state index contributed by atoms with van der Waals surface area (Å²) in [6, 6.07) is 19.3. The van der Waals surface area contributed by atoms with Crippen molar-refractivity contribution in [2.24, 2.45) is 0 Å². The van der Waals surface area contributed by atoms with Gasteiger partial charge in [0.2, 0.25) is 0 Å². The molecule has 0 saturated heterocycles. The summed E-state index contributed by atoms with van der Waals surface area (Å²) in [4.78, 5) is 12.4. The van der Waals surface area contributed by atoms with E-state index >= 15 is 0 Å². The van der Waals surface area contributed by atoms with Gasteiger partial charge in [-0.25, -0.2) is 9.07 Å². The largest absolute Gasteiger partial charge is 0.467 e. The molecule has 4 rings (SSSR count). The molecule has 2 aromatic carbocycles. The molecular formula is C23H20FN3O3. The van der Waals surface area contributed by atoms with E-state index in [0.717, 1.165) is 16.9 Å². The molecule has 0 bridgehead atoms. The molecule has 30 heavy (non-hydrogen) atoms. The van der Waals surface area contributed by atoms with Gasteiger partial charge in [0, 0.05) is 12.7 Å². The lowest BCUT2D eigenvalue weighted by Crippen LogP contribution is -2.23. The first-order valence-corrected chi connectivity index (χ1v) is 9.46. The normalized spacial score (nSPS) is 10.8. The fourth-order valence-corrected chi connectivity index (χ4v) is 2.98. The molecule has 2 aromatic heterocycles. The van der Waals surface area contributed by atoms with E-state index in [-0.39, 0.29) is 11.6 Å². The van der Waals surface area contributed by atoms with Gasteiger partial charge in [0.25, 0.3) is 5.91 Å². The zero-order valence-electron chi connectivity index (χ0n) is 16.1. The minimum absolute atomic E-state index is 0.219. The van der Waals surface area contributed by atoms with Crippen molar-refractivity contribution in [1.29, 1.82) is 0 Å². The molecule has 0 aliphatic heterocycles. The first kappa shape index (κ1) is 19.6. The van der Waals surface area contributed by atoms with E-state index in [9.17, 15) is 9.18 Å². The smallest absolute Gasteiger partial charge is 0.272 e. The Morgan fingerprint density at radius 2 is 1.90 bits per heavy atom. The number of carbonyl (C=O) groups is 1. The van der Waals surface area contributed by atoms with Gasteiger partial charge in [-0.05, 0) is 41.5 Å². The second kappa shape index (κ2) is 9.19. The van der Waals surface area contributed by atoms with Crippen LogP contribution in [0.1, 0.15) is 27.4 Å². The van der Waals surface area contributed by atoms with Gasteiger partial charge in [0.05, 0.1) is 12.9 Å². The average Bonchev–Trinajstić information content (AvgIpc) is 3.45. The molecule has 1 amide bonds. The van der Waals surface area contributed by atoms with Gasteiger partial charge in [-0.15, -0.1) is 0 Å². The quantitative estimate of drug-likeness (QED) is 0.476. The Hall–Kier alpha value is -3.71. The van der Waals surface area contributed by atoms with Crippen LogP contribution in [0.25, 0.3) is 5.69 Å². The van der Waals surface area contributed by atoms with Gasteiger partial charge in [-0.2, -0.15) is 5.10 Å². The lowest BCUT2D eigenvalue weighted by molar-refractivity contribution is 0.0928. The number of hydrogen-bond acceptors (Lipinski definition) is 4. The zero-order valence-corrected chi connectivity index (χ0v) is 16.1. The first-order valence-electron chi connectivity index (χ1n) is 9.46. The lowest BCUT2D eigenvalue weighted by atomic mass is 10.1. The number of benzene rings is 2. The molecule has 0 saturated carbocycles. The predicted molar refractivity (Wildman–Crippen MR) is 108 cm³/mol. The molecule has 7 heteroatoms. The van der Waals surface area contributed by atoms with E-state index in [2.05, 4.69) is 10.4 Å². The Balaban J connectivity index is 1.32. The summed E-state index contributed by atoms with van der Waals surface area (Å²) in [6.45, 7) is 1.19. The maximum atomic E-state index is 13.9. The number of rotatable bonds is 8. The molecule has 152 valence electrons. The molecule has 4 aromatic rings. The Morgan fingerprint density at radius 1 is 1.03 bits per heavy atom. The van der Waals surface area contributed by atoms with Crippen molar-refractivity contribution in [3.8, 4) is 5.69 Å². The summed E-state index contributed by atoms with van der Waals surface area (Å²) < 4.78 is 26.1. The van der Waals surface area contributed by atoms with Gasteiger partial charge in [0.15, 0.2) is 5.69 Å². The molecular weight excluding hydrogens is 385 g/mol. The summed E-state index contributed by atoms with van der Waals surface area (Å²) in [6.07, 6.45) is 3.17. The molecule has 6 nitrogen and oxygen atoms in total. The molecule has 0 unspecified atom stereocenters. The van der Waals surface area contributed by atoms with Crippen LogP contribution in [0.4, 0.5) is 4.39 Å². The van der Waals surface area contributed by atoms with Crippen molar-refractivity contribution in [3.05, 3.63) is 108 Å². The van der Waals surface area contributed by atoms with Crippen molar-refractivity contribution in [2.45, 2.75) is 19.8 Å². The van der Waals surface area contributed by atoms with Crippen LogP contribution in [-0.4, -0.2) is 15.7 Å². The highest BCUT2D eigenvalue weighted by Crippen LogP contribution is 2.13. The third-order valence-electron chi connectivity index (χ3n) is 4.46. The van der Waals surface area contributed by atoms with Crippen LogP contribution >= 0.6 is 0 Å². The Bertz CT molecular complexity index is 1120. The minimum atomic E-state index is -0.404. The van der Waals surface area contributed by atoms with Crippen molar-refractivity contribution >= 4 is 5.91 Å². The van der Waals surface area contributed by atoms with Crippen molar-refractivity contribution in [2.75, 3.05) is 0 Å². The SMILES string of the molecule is O=C(NCc1cccc(COCc2ccco2)c1)c1ccn(-c2ccccc2F)n1. The summed E-state index contributed by atoms with van der Waals surface area (Å²) in [7, 11) is 0. The number of carbonyl (C=O) groups excluding carboxylic acids is 1. The minimum Gasteiger partial charge on any atom is -0.467 e. The lowest BCUT2D eigenvalue weighted by Gasteiger charge is -2.07. The van der Waals surface area contributed by atoms with Gasteiger partial charge in [0.1, 0.15) is 23.9 Å². The van der Waals surface area contributed by atoms with Crippen molar-refractivity contribution < 1.29 is 18.3 Å². The molecule has 0 atom stereocenters. The molecule has 0 radical (unpaired) electrons. The maximum absolute atomic E-state index is 13.9. The van der Waals surface area contributed by atoms with Crippen molar-refractivity contribution in [1.82, 2.24) is 15.1 Å². The van der Waals surface area contributed by atoms with Crippen LogP contribution in [0, 0.1) is 5.82 Å². The number of ether oxygens (including phenoxy) is 1. The second-order valence-electron chi connectivity index (χ2n) is 6.67. The predicted octanol–water partition coefficient (Wildman–Crippen LogP) is 4.25. The second-order valence-corrected chi connectivity index (χ2v) is 6.67.